The number of thioether (sulfide) groups is 1. The molecular weight excluding hydrogens is 428 g/mol. The highest BCUT2D eigenvalue weighted by Gasteiger charge is 2.51. The van der Waals surface area contributed by atoms with E-state index in [2.05, 4.69) is 6.07 Å². The van der Waals surface area contributed by atoms with Crippen LogP contribution < -0.4 is 9.47 Å². The number of carbonyl (C=O) groups excluding carboxylic acids is 1. The number of hydrogen-bond acceptors (Lipinski definition) is 7. The van der Waals surface area contributed by atoms with Gasteiger partial charge in [0.1, 0.15) is 5.75 Å². The maximum Gasteiger partial charge on any atom is 0.231 e. The molecule has 2 heterocycles. The van der Waals surface area contributed by atoms with Gasteiger partial charge < -0.3 is 19.7 Å². The quantitative estimate of drug-likeness (QED) is 0.686. The average Bonchev–Trinajstić information content (AvgIpc) is 3.15. The van der Waals surface area contributed by atoms with Gasteiger partial charge >= 0.3 is 0 Å². The number of aliphatic hydroxyl groups is 1. The molecule has 8 heteroatoms. The van der Waals surface area contributed by atoms with E-state index in [4.69, 9.17) is 9.47 Å². The Hall–Kier alpha value is -3.15. The van der Waals surface area contributed by atoms with Crippen molar-refractivity contribution in [1.29, 1.82) is 5.26 Å². The predicted molar refractivity (Wildman–Crippen MR) is 120 cm³/mol. The zero-order valence-electron chi connectivity index (χ0n) is 17.9. The van der Waals surface area contributed by atoms with Crippen LogP contribution in [0.2, 0.25) is 0 Å². The Bertz CT molecular complexity index is 1110. The summed E-state index contributed by atoms with van der Waals surface area (Å²) in [5, 5.41) is 32.0. The lowest BCUT2D eigenvalue weighted by Crippen LogP contribution is -2.48. The number of fused-ring (bicyclic) bond motifs is 1. The normalized spacial score (nSPS) is 22.5. The predicted octanol–water partition coefficient (Wildman–Crippen LogP) is 3.83. The number of rotatable bonds is 6. The van der Waals surface area contributed by atoms with Crippen LogP contribution in [-0.2, 0) is 10.5 Å². The molecule has 2 aromatic carbocycles. The Morgan fingerprint density at radius 2 is 1.91 bits per heavy atom. The Morgan fingerprint density at radius 3 is 2.56 bits per heavy atom. The first-order valence-electron chi connectivity index (χ1n) is 10.4. The molecule has 0 aliphatic carbocycles. The molecule has 1 saturated heterocycles. The number of ether oxygens (including phenoxy) is 2. The van der Waals surface area contributed by atoms with Crippen molar-refractivity contribution >= 4 is 17.7 Å². The van der Waals surface area contributed by atoms with Crippen molar-refractivity contribution in [3.05, 3.63) is 64.2 Å². The van der Waals surface area contributed by atoms with Crippen molar-refractivity contribution in [2.24, 2.45) is 0 Å². The van der Waals surface area contributed by atoms with Crippen LogP contribution in [0.15, 0.2) is 53.1 Å². The summed E-state index contributed by atoms with van der Waals surface area (Å²) in [7, 11) is 0. The van der Waals surface area contributed by atoms with Crippen molar-refractivity contribution in [2.45, 2.75) is 31.9 Å². The van der Waals surface area contributed by atoms with Gasteiger partial charge in [-0.3, -0.25) is 9.69 Å². The molecule has 0 aromatic heterocycles. The van der Waals surface area contributed by atoms with E-state index < -0.39 is 11.6 Å². The molecule has 0 saturated carbocycles. The van der Waals surface area contributed by atoms with Gasteiger partial charge in [0.05, 0.1) is 35.6 Å². The minimum absolute atomic E-state index is 0.00522. The summed E-state index contributed by atoms with van der Waals surface area (Å²) >= 11 is 1.30. The number of carbonyl (C=O) groups is 1. The van der Waals surface area contributed by atoms with Crippen LogP contribution in [0, 0.1) is 11.3 Å². The lowest BCUT2D eigenvalue weighted by molar-refractivity contribution is -0.149. The first kappa shape index (κ1) is 22.1. The molecule has 0 bridgehead atoms. The largest absolute Gasteiger partial charge is 0.504 e. The highest BCUT2D eigenvalue weighted by Crippen LogP contribution is 2.52. The zero-order valence-corrected chi connectivity index (χ0v) is 18.7. The smallest absolute Gasteiger partial charge is 0.231 e. The Morgan fingerprint density at radius 1 is 1.19 bits per heavy atom. The molecule has 4 rings (SSSR count). The molecule has 2 N–H and O–H groups in total. The van der Waals surface area contributed by atoms with Gasteiger partial charge in [-0.15, -0.1) is 11.8 Å². The highest BCUT2D eigenvalue weighted by molar-refractivity contribution is 8.03. The summed E-state index contributed by atoms with van der Waals surface area (Å²) < 4.78 is 10.9. The number of aromatic hydroxyl groups is 1. The molecule has 7 nitrogen and oxygen atoms in total. The van der Waals surface area contributed by atoms with E-state index in [1.165, 1.54) is 22.7 Å². The van der Waals surface area contributed by atoms with E-state index >= 15 is 0 Å². The molecular formula is C24H24N2O5S. The van der Waals surface area contributed by atoms with Crippen molar-refractivity contribution in [2.75, 3.05) is 19.0 Å². The van der Waals surface area contributed by atoms with Crippen LogP contribution in [0.1, 0.15) is 37.3 Å². The number of allylic oxidation sites excluding steroid dienone is 1. The Kier molecular flexibility index (Phi) is 6.04. The maximum absolute atomic E-state index is 13.3. The molecule has 166 valence electrons. The summed E-state index contributed by atoms with van der Waals surface area (Å²) in [5.74, 6) is 0.476. The number of hydrogen-bond donors (Lipinski definition) is 2. The van der Waals surface area contributed by atoms with Gasteiger partial charge in [-0.25, -0.2) is 0 Å². The van der Waals surface area contributed by atoms with Crippen LogP contribution in [0.25, 0.3) is 0 Å². The topological polar surface area (TPSA) is 103 Å². The van der Waals surface area contributed by atoms with E-state index in [0.717, 1.165) is 0 Å². The Labute approximate surface area is 190 Å². The van der Waals surface area contributed by atoms with Gasteiger partial charge in [0.2, 0.25) is 5.91 Å². The molecule has 0 spiro atoms. The number of phenols is 1. The van der Waals surface area contributed by atoms with Crippen LogP contribution in [0.3, 0.4) is 0 Å². The van der Waals surface area contributed by atoms with Crippen LogP contribution >= 0.6 is 11.8 Å². The number of nitriles is 1. The molecule has 1 amide bonds. The second-order valence-electron chi connectivity index (χ2n) is 7.54. The molecule has 0 radical (unpaired) electrons. The fourth-order valence-corrected chi connectivity index (χ4v) is 5.49. The fourth-order valence-electron chi connectivity index (χ4n) is 4.13. The third kappa shape index (κ3) is 3.68. The molecule has 1 fully saturated rings. The van der Waals surface area contributed by atoms with Gasteiger partial charge in [0.15, 0.2) is 17.2 Å². The first-order chi connectivity index (χ1) is 15.4. The summed E-state index contributed by atoms with van der Waals surface area (Å²) in [4.78, 5) is 14.6. The standard InChI is InChI=1S/C24H24N2O5S/c1-3-30-17-8-6-16(7-9-17)24(29)14-32-23-19(13-25)18(12-22(28)26(23)24)15-5-10-20(27)21(11-15)31-4-2/h5-11,18,27,29H,3-4,12,14H2,1-2H3. The molecule has 2 aromatic rings. The van der Waals surface area contributed by atoms with E-state index in [1.54, 1.807) is 36.4 Å². The monoisotopic (exact) mass is 452 g/mol. The van der Waals surface area contributed by atoms with Crippen LogP contribution in [0.4, 0.5) is 0 Å². The number of benzene rings is 2. The summed E-state index contributed by atoms with van der Waals surface area (Å²) in [6.45, 7) is 4.62. The van der Waals surface area contributed by atoms with Gasteiger partial charge in [-0.05, 0) is 43.7 Å². The molecule has 2 aliphatic rings. The van der Waals surface area contributed by atoms with Gasteiger partial charge in [-0.1, -0.05) is 18.2 Å². The summed E-state index contributed by atoms with van der Waals surface area (Å²) in [6.07, 6.45) is 0.0304. The summed E-state index contributed by atoms with van der Waals surface area (Å²) in [6, 6.07) is 14.1. The minimum Gasteiger partial charge on any atom is -0.504 e. The maximum atomic E-state index is 13.3. The van der Waals surface area contributed by atoms with Gasteiger partial charge in [0.25, 0.3) is 0 Å². The van der Waals surface area contributed by atoms with E-state index in [9.17, 15) is 20.3 Å². The molecule has 2 unspecified atom stereocenters. The number of phenolic OH excluding ortho intramolecular Hbond substituents is 1. The first-order valence-corrected chi connectivity index (χ1v) is 11.4. The second-order valence-corrected chi connectivity index (χ2v) is 8.50. The van der Waals surface area contributed by atoms with E-state index in [-0.39, 0.29) is 23.8 Å². The fraction of sp³-hybridized carbons (Fsp3) is 0.333. The third-order valence-corrected chi connectivity index (χ3v) is 6.85. The van der Waals surface area contributed by atoms with Gasteiger partial charge in [-0.2, -0.15) is 5.26 Å². The number of nitrogens with zero attached hydrogens (tertiary/aromatic N) is 2. The van der Waals surface area contributed by atoms with Crippen molar-refractivity contribution in [3.63, 3.8) is 0 Å². The van der Waals surface area contributed by atoms with Crippen molar-refractivity contribution in [3.8, 4) is 23.3 Å². The lowest BCUT2D eigenvalue weighted by Gasteiger charge is -2.38. The van der Waals surface area contributed by atoms with E-state index in [0.29, 0.717) is 46.4 Å². The summed E-state index contributed by atoms with van der Waals surface area (Å²) in [5.41, 5.74) is 0.154. The zero-order chi connectivity index (χ0) is 22.9. The number of amides is 1. The van der Waals surface area contributed by atoms with Gasteiger partial charge in [0, 0.05) is 17.9 Å². The molecule has 32 heavy (non-hydrogen) atoms. The van der Waals surface area contributed by atoms with E-state index in [1.807, 2.05) is 13.8 Å². The third-order valence-electron chi connectivity index (χ3n) is 5.62. The molecule has 2 aliphatic heterocycles. The van der Waals surface area contributed by atoms with Crippen LogP contribution in [-0.4, -0.2) is 40.0 Å². The van der Waals surface area contributed by atoms with Crippen molar-refractivity contribution < 1.29 is 24.5 Å². The second kappa shape index (κ2) is 8.77. The molecule has 2 atom stereocenters. The average molecular weight is 453 g/mol. The highest BCUT2D eigenvalue weighted by atomic mass is 32.2. The van der Waals surface area contributed by atoms with Crippen LogP contribution in [0.5, 0.6) is 17.2 Å². The minimum atomic E-state index is -1.54. The lowest BCUT2D eigenvalue weighted by atomic mass is 9.85. The Balaban J connectivity index is 1.73. The van der Waals surface area contributed by atoms with Crippen molar-refractivity contribution in [1.82, 2.24) is 4.90 Å². The SMILES string of the molecule is CCOc1ccc(C2(O)CSC3=C(C#N)C(c4ccc(O)c(OCC)c4)CC(=O)N32)cc1.